The minimum Gasteiger partial charge on any atom is -0.493 e. The fourth-order valence-corrected chi connectivity index (χ4v) is 2.79. The molecule has 0 fully saturated rings. The summed E-state index contributed by atoms with van der Waals surface area (Å²) in [5.41, 5.74) is 2.18. The molecule has 106 valence electrons. The maximum Gasteiger partial charge on any atom is 0.195 e. The highest BCUT2D eigenvalue weighted by atomic mass is 79.9. The van der Waals surface area contributed by atoms with Crippen LogP contribution in [0.2, 0.25) is 0 Å². The number of rotatable bonds is 4. The van der Waals surface area contributed by atoms with Gasteiger partial charge in [0.1, 0.15) is 5.75 Å². The Labute approximate surface area is 131 Å². The van der Waals surface area contributed by atoms with Gasteiger partial charge in [-0.25, -0.2) is 0 Å². The van der Waals surface area contributed by atoms with Gasteiger partial charge >= 0.3 is 0 Å². The summed E-state index contributed by atoms with van der Waals surface area (Å²) in [7, 11) is 0. The highest BCUT2D eigenvalue weighted by Crippen LogP contribution is 2.30. The summed E-state index contributed by atoms with van der Waals surface area (Å²) >= 11 is 3.40. The summed E-state index contributed by atoms with van der Waals surface area (Å²) in [6.45, 7) is 2.50. The van der Waals surface area contributed by atoms with Crippen LogP contribution in [0.1, 0.15) is 22.8 Å². The topological polar surface area (TPSA) is 42.1 Å². The Morgan fingerprint density at radius 2 is 2.05 bits per heavy atom. The largest absolute Gasteiger partial charge is 0.493 e. The van der Waals surface area contributed by atoms with Crippen molar-refractivity contribution in [1.82, 2.24) is 4.98 Å². The third-order valence-electron chi connectivity index (χ3n) is 3.30. The number of hydrogen-bond donors (Lipinski definition) is 1. The number of ether oxygens (including phenoxy) is 1. The van der Waals surface area contributed by atoms with Gasteiger partial charge in [-0.3, -0.25) is 4.79 Å². The van der Waals surface area contributed by atoms with Crippen LogP contribution in [0.15, 0.2) is 53.1 Å². The van der Waals surface area contributed by atoms with Crippen LogP contribution in [0.4, 0.5) is 0 Å². The number of H-pyrrole nitrogens is 1. The van der Waals surface area contributed by atoms with Gasteiger partial charge in [0.15, 0.2) is 5.78 Å². The fourth-order valence-electron chi connectivity index (χ4n) is 2.39. The molecule has 0 amide bonds. The summed E-state index contributed by atoms with van der Waals surface area (Å²) in [5, 5.41) is 0.837. The molecule has 0 spiro atoms. The average molecular weight is 344 g/mol. The third kappa shape index (κ3) is 2.59. The minimum atomic E-state index is -0.0188. The molecule has 0 aliphatic heterocycles. The zero-order chi connectivity index (χ0) is 14.8. The lowest BCUT2D eigenvalue weighted by Gasteiger charge is -2.06. The first-order valence-corrected chi connectivity index (χ1v) is 7.53. The SMILES string of the molecule is CCOc1cccc2[nH]cc(C(=O)c3cccc(Br)c3)c12. The average Bonchev–Trinajstić information content (AvgIpc) is 2.92. The van der Waals surface area contributed by atoms with Crippen molar-refractivity contribution in [3.05, 3.63) is 64.3 Å². The van der Waals surface area contributed by atoms with E-state index in [4.69, 9.17) is 4.74 Å². The maximum absolute atomic E-state index is 12.7. The lowest BCUT2D eigenvalue weighted by Crippen LogP contribution is -2.01. The molecule has 21 heavy (non-hydrogen) atoms. The van der Waals surface area contributed by atoms with Crippen molar-refractivity contribution in [3.63, 3.8) is 0 Å². The van der Waals surface area contributed by atoms with Gasteiger partial charge in [-0.2, -0.15) is 0 Å². The zero-order valence-electron chi connectivity index (χ0n) is 11.5. The molecule has 3 aromatic rings. The van der Waals surface area contributed by atoms with E-state index in [-0.39, 0.29) is 5.78 Å². The van der Waals surface area contributed by atoms with E-state index >= 15 is 0 Å². The van der Waals surface area contributed by atoms with Gasteiger partial charge in [0.2, 0.25) is 0 Å². The van der Waals surface area contributed by atoms with Gasteiger partial charge in [-0.05, 0) is 31.2 Å². The van der Waals surface area contributed by atoms with Gasteiger partial charge in [0.05, 0.1) is 17.6 Å². The quantitative estimate of drug-likeness (QED) is 0.705. The van der Waals surface area contributed by atoms with E-state index in [0.717, 1.165) is 21.1 Å². The molecule has 1 heterocycles. The molecule has 0 radical (unpaired) electrons. The first kappa shape index (κ1) is 13.9. The standard InChI is InChI=1S/C17H14BrNO2/c1-2-21-15-8-4-7-14-16(15)13(10-19-14)17(20)11-5-3-6-12(18)9-11/h3-10,19H,2H2,1H3. The second-order valence-corrected chi connectivity index (χ2v) is 5.57. The molecule has 0 saturated heterocycles. The number of aromatic amines is 1. The van der Waals surface area contributed by atoms with Crippen molar-refractivity contribution in [2.24, 2.45) is 0 Å². The van der Waals surface area contributed by atoms with Gasteiger partial charge in [-0.1, -0.05) is 34.1 Å². The number of hydrogen-bond acceptors (Lipinski definition) is 2. The lowest BCUT2D eigenvalue weighted by molar-refractivity contribution is 0.104. The van der Waals surface area contributed by atoms with Crippen LogP contribution in [0, 0.1) is 0 Å². The van der Waals surface area contributed by atoms with Crippen molar-refractivity contribution < 1.29 is 9.53 Å². The predicted molar refractivity (Wildman–Crippen MR) is 87.0 cm³/mol. The zero-order valence-corrected chi connectivity index (χ0v) is 13.1. The van der Waals surface area contributed by atoms with Crippen molar-refractivity contribution in [2.75, 3.05) is 6.61 Å². The molecule has 3 rings (SSSR count). The number of carbonyl (C=O) groups excluding carboxylic acids is 1. The van der Waals surface area contributed by atoms with Crippen LogP contribution in [-0.2, 0) is 0 Å². The lowest BCUT2D eigenvalue weighted by atomic mass is 10.0. The Hall–Kier alpha value is -2.07. The highest BCUT2D eigenvalue weighted by molar-refractivity contribution is 9.10. The first-order valence-electron chi connectivity index (χ1n) is 6.74. The van der Waals surface area contributed by atoms with E-state index in [1.807, 2.05) is 49.4 Å². The number of ketones is 1. The molecule has 0 bridgehead atoms. The summed E-state index contributed by atoms with van der Waals surface area (Å²) in [6.07, 6.45) is 1.75. The Kier molecular flexibility index (Phi) is 3.80. The van der Waals surface area contributed by atoms with Crippen LogP contribution in [0.25, 0.3) is 10.9 Å². The van der Waals surface area contributed by atoms with E-state index in [9.17, 15) is 4.79 Å². The number of carbonyl (C=O) groups is 1. The molecule has 1 aromatic heterocycles. The van der Waals surface area contributed by atoms with Crippen LogP contribution in [0.3, 0.4) is 0 Å². The van der Waals surface area contributed by atoms with Crippen LogP contribution in [0.5, 0.6) is 5.75 Å². The van der Waals surface area contributed by atoms with E-state index in [1.165, 1.54) is 0 Å². The molecule has 0 atom stereocenters. The van der Waals surface area contributed by atoms with Crippen LogP contribution in [-0.4, -0.2) is 17.4 Å². The molecule has 0 unspecified atom stereocenters. The van der Waals surface area contributed by atoms with Crippen LogP contribution >= 0.6 is 15.9 Å². The summed E-state index contributed by atoms with van der Waals surface area (Å²) in [5.74, 6) is 0.712. The second kappa shape index (κ2) is 5.74. The molecule has 0 saturated carbocycles. The Morgan fingerprint density at radius 1 is 1.24 bits per heavy atom. The molecule has 1 N–H and O–H groups in total. The second-order valence-electron chi connectivity index (χ2n) is 4.65. The van der Waals surface area contributed by atoms with Gasteiger partial charge in [0.25, 0.3) is 0 Å². The summed E-state index contributed by atoms with van der Waals surface area (Å²) < 4.78 is 6.53. The van der Waals surface area contributed by atoms with E-state index < -0.39 is 0 Å². The maximum atomic E-state index is 12.7. The van der Waals surface area contributed by atoms with Crippen molar-refractivity contribution in [1.29, 1.82) is 0 Å². The molecule has 2 aromatic carbocycles. The number of nitrogens with one attached hydrogen (secondary N) is 1. The fraction of sp³-hybridized carbons (Fsp3) is 0.118. The van der Waals surface area contributed by atoms with Crippen molar-refractivity contribution in [2.45, 2.75) is 6.92 Å². The molecule has 3 nitrogen and oxygen atoms in total. The Bertz CT molecular complexity index is 807. The first-order chi connectivity index (χ1) is 10.2. The number of fused-ring (bicyclic) bond motifs is 1. The monoisotopic (exact) mass is 343 g/mol. The van der Waals surface area contributed by atoms with Gasteiger partial charge in [0, 0.05) is 21.7 Å². The number of benzene rings is 2. The third-order valence-corrected chi connectivity index (χ3v) is 3.79. The summed E-state index contributed by atoms with van der Waals surface area (Å²) in [4.78, 5) is 15.9. The smallest absolute Gasteiger partial charge is 0.195 e. The molecule has 0 aliphatic carbocycles. The summed E-state index contributed by atoms with van der Waals surface area (Å²) in [6, 6.07) is 13.1. The molecular formula is C17H14BrNO2. The normalized spacial score (nSPS) is 10.8. The molecule has 4 heteroatoms. The number of aromatic nitrogens is 1. The van der Waals surface area contributed by atoms with Gasteiger partial charge in [-0.15, -0.1) is 0 Å². The molecular weight excluding hydrogens is 330 g/mol. The molecule has 0 aliphatic rings. The van der Waals surface area contributed by atoms with E-state index in [1.54, 1.807) is 6.20 Å². The highest BCUT2D eigenvalue weighted by Gasteiger charge is 2.17. The van der Waals surface area contributed by atoms with Gasteiger partial charge < -0.3 is 9.72 Å². The number of halogens is 1. The van der Waals surface area contributed by atoms with Crippen molar-refractivity contribution in [3.8, 4) is 5.75 Å². The Morgan fingerprint density at radius 3 is 2.81 bits per heavy atom. The Balaban J connectivity index is 2.14. The van der Waals surface area contributed by atoms with Crippen LogP contribution < -0.4 is 4.74 Å². The van der Waals surface area contributed by atoms with Crippen molar-refractivity contribution >= 4 is 32.6 Å². The van der Waals surface area contributed by atoms with E-state index in [2.05, 4.69) is 20.9 Å². The van der Waals surface area contributed by atoms with E-state index in [0.29, 0.717) is 17.7 Å². The minimum absolute atomic E-state index is 0.0188. The predicted octanol–water partition coefficient (Wildman–Crippen LogP) is 4.56.